The number of hydrogen-bond donors (Lipinski definition) is 0. The van der Waals surface area contributed by atoms with Crippen LogP contribution in [0.1, 0.15) is 13.3 Å². The molecule has 1 heterocycles. The normalized spacial score (nSPS) is 21.4. The van der Waals surface area contributed by atoms with E-state index < -0.39 is 0 Å². The summed E-state index contributed by atoms with van der Waals surface area (Å²) < 4.78 is 9.42. The number of hydrogen-bond acceptors (Lipinski definition) is 2. The third-order valence-electron chi connectivity index (χ3n) is 1.35. The Morgan fingerprint density at radius 2 is 2.09 bits per heavy atom. The Morgan fingerprint density at radius 3 is 2.18 bits per heavy atom. The van der Waals surface area contributed by atoms with Gasteiger partial charge in [0.1, 0.15) is 0 Å². The van der Waals surface area contributed by atoms with E-state index in [2.05, 4.69) is 24.8 Å². The van der Waals surface area contributed by atoms with Gasteiger partial charge in [-0.3, -0.25) is 0 Å². The largest absolute Gasteiger partial charge is 0.474 e. The molecule has 0 amide bonds. The van der Waals surface area contributed by atoms with Crippen molar-refractivity contribution in [2.24, 2.45) is 5.92 Å². The molecule has 1 rings (SSSR count). The molecule has 1 aliphatic heterocycles. The SMILES string of the molecule is C=COC=C.CC1CCOC1. The second-order valence-electron chi connectivity index (χ2n) is 2.44. The Labute approximate surface area is 68.5 Å². The van der Waals surface area contributed by atoms with E-state index in [9.17, 15) is 0 Å². The molecule has 1 saturated heterocycles. The minimum absolute atomic E-state index is 0.824. The molecule has 1 fully saturated rings. The maximum Gasteiger partial charge on any atom is 0.0829 e. The Balaban J connectivity index is 0.000000187. The Hall–Kier alpha value is -0.760. The van der Waals surface area contributed by atoms with Crippen LogP contribution in [-0.4, -0.2) is 13.2 Å². The van der Waals surface area contributed by atoms with E-state index in [1.165, 1.54) is 18.9 Å². The average Bonchev–Trinajstić information content (AvgIpc) is 2.43. The maximum atomic E-state index is 5.06. The Bertz CT molecular complexity index is 98.1. The molecular formula is C9H16O2. The first kappa shape index (κ1) is 10.2. The smallest absolute Gasteiger partial charge is 0.0829 e. The van der Waals surface area contributed by atoms with Gasteiger partial charge in [-0.15, -0.1) is 0 Å². The van der Waals surface area contributed by atoms with E-state index >= 15 is 0 Å². The van der Waals surface area contributed by atoms with E-state index in [1.807, 2.05) is 0 Å². The second kappa shape index (κ2) is 7.35. The highest BCUT2D eigenvalue weighted by Crippen LogP contribution is 2.09. The second-order valence-corrected chi connectivity index (χ2v) is 2.44. The summed E-state index contributed by atoms with van der Waals surface area (Å²) in [7, 11) is 0. The van der Waals surface area contributed by atoms with Crippen molar-refractivity contribution in [1.82, 2.24) is 0 Å². The highest BCUT2D eigenvalue weighted by molar-refractivity contribution is 4.57. The fraction of sp³-hybridized carbons (Fsp3) is 0.556. The van der Waals surface area contributed by atoms with Crippen LogP contribution in [0.25, 0.3) is 0 Å². The highest BCUT2D eigenvalue weighted by atomic mass is 16.5. The van der Waals surface area contributed by atoms with Crippen LogP contribution in [0.5, 0.6) is 0 Å². The Kier molecular flexibility index (Phi) is 6.84. The predicted molar refractivity (Wildman–Crippen MR) is 46.1 cm³/mol. The first-order valence-electron chi connectivity index (χ1n) is 3.76. The molecule has 2 heteroatoms. The van der Waals surface area contributed by atoms with E-state index in [4.69, 9.17) is 4.74 Å². The number of rotatable bonds is 2. The molecule has 2 nitrogen and oxygen atoms in total. The number of ether oxygens (including phenoxy) is 2. The summed E-state index contributed by atoms with van der Waals surface area (Å²) >= 11 is 0. The quantitative estimate of drug-likeness (QED) is 0.571. The molecule has 0 aromatic rings. The maximum absolute atomic E-state index is 5.06. The predicted octanol–water partition coefficient (Wildman–Crippen LogP) is 2.33. The summed E-state index contributed by atoms with van der Waals surface area (Å²) in [5, 5.41) is 0. The van der Waals surface area contributed by atoms with Crippen LogP contribution in [0.3, 0.4) is 0 Å². The summed E-state index contributed by atoms with van der Waals surface area (Å²) in [6.07, 6.45) is 3.89. The summed E-state index contributed by atoms with van der Waals surface area (Å²) in [4.78, 5) is 0. The van der Waals surface area contributed by atoms with Gasteiger partial charge in [-0.05, 0) is 12.3 Å². The van der Waals surface area contributed by atoms with Gasteiger partial charge in [0.05, 0.1) is 12.5 Å². The standard InChI is InChI=1S/C5H10O.C4H6O/c1-5-2-3-6-4-5;1-3-5-4-2/h5H,2-4H2,1H3;3-4H,1-2H2. The van der Waals surface area contributed by atoms with Gasteiger partial charge in [0.2, 0.25) is 0 Å². The van der Waals surface area contributed by atoms with Gasteiger partial charge in [-0.1, -0.05) is 20.1 Å². The molecule has 1 aliphatic rings. The molecule has 0 aromatic heterocycles. The summed E-state index contributed by atoms with van der Waals surface area (Å²) in [6.45, 7) is 10.7. The third-order valence-corrected chi connectivity index (χ3v) is 1.35. The van der Waals surface area contributed by atoms with Crippen LogP contribution < -0.4 is 0 Å². The van der Waals surface area contributed by atoms with Gasteiger partial charge in [0, 0.05) is 13.2 Å². The van der Waals surface area contributed by atoms with Gasteiger partial charge in [-0.25, -0.2) is 0 Å². The van der Waals surface area contributed by atoms with Gasteiger partial charge < -0.3 is 9.47 Å². The molecule has 64 valence electrons. The van der Waals surface area contributed by atoms with Crippen LogP contribution >= 0.6 is 0 Å². The van der Waals surface area contributed by atoms with Gasteiger partial charge in [0.15, 0.2) is 0 Å². The molecule has 0 aliphatic carbocycles. The molecule has 1 unspecified atom stereocenters. The molecule has 0 radical (unpaired) electrons. The van der Waals surface area contributed by atoms with Crippen molar-refractivity contribution >= 4 is 0 Å². The molecule has 0 saturated carbocycles. The van der Waals surface area contributed by atoms with Gasteiger partial charge in [-0.2, -0.15) is 0 Å². The minimum atomic E-state index is 0.824. The summed E-state index contributed by atoms with van der Waals surface area (Å²) in [5.41, 5.74) is 0. The fourth-order valence-electron chi connectivity index (χ4n) is 0.720. The van der Waals surface area contributed by atoms with Gasteiger partial charge >= 0.3 is 0 Å². The fourth-order valence-corrected chi connectivity index (χ4v) is 0.720. The lowest BCUT2D eigenvalue weighted by Crippen LogP contribution is -1.88. The molecule has 0 aromatic carbocycles. The third kappa shape index (κ3) is 7.13. The zero-order valence-corrected chi connectivity index (χ0v) is 7.08. The molecule has 0 spiro atoms. The van der Waals surface area contributed by atoms with Crippen molar-refractivity contribution < 1.29 is 9.47 Å². The van der Waals surface area contributed by atoms with Crippen LogP contribution in [0.2, 0.25) is 0 Å². The molecular weight excluding hydrogens is 140 g/mol. The Morgan fingerprint density at radius 1 is 1.45 bits per heavy atom. The average molecular weight is 156 g/mol. The van der Waals surface area contributed by atoms with E-state index in [-0.39, 0.29) is 0 Å². The van der Waals surface area contributed by atoms with E-state index in [0.717, 1.165) is 19.1 Å². The topological polar surface area (TPSA) is 18.5 Å². The van der Waals surface area contributed by atoms with E-state index in [1.54, 1.807) is 0 Å². The monoisotopic (exact) mass is 156 g/mol. The molecule has 0 N–H and O–H groups in total. The highest BCUT2D eigenvalue weighted by Gasteiger charge is 2.07. The van der Waals surface area contributed by atoms with Crippen LogP contribution in [0.15, 0.2) is 25.7 Å². The van der Waals surface area contributed by atoms with Crippen molar-refractivity contribution in [3.05, 3.63) is 25.7 Å². The van der Waals surface area contributed by atoms with Crippen LogP contribution in [0.4, 0.5) is 0 Å². The molecule has 1 atom stereocenters. The van der Waals surface area contributed by atoms with Crippen molar-refractivity contribution in [1.29, 1.82) is 0 Å². The van der Waals surface area contributed by atoms with E-state index in [0.29, 0.717) is 0 Å². The van der Waals surface area contributed by atoms with Crippen molar-refractivity contribution in [3.8, 4) is 0 Å². The lowest BCUT2D eigenvalue weighted by atomic mass is 10.2. The first-order chi connectivity index (χ1) is 5.31. The summed E-state index contributed by atoms with van der Waals surface area (Å²) in [5.74, 6) is 0.824. The van der Waals surface area contributed by atoms with Crippen LogP contribution in [-0.2, 0) is 9.47 Å². The lowest BCUT2D eigenvalue weighted by molar-refractivity contribution is 0.188. The molecule has 11 heavy (non-hydrogen) atoms. The zero-order valence-electron chi connectivity index (χ0n) is 7.08. The van der Waals surface area contributed by atoms with Crippen LogP contribution in [0, 0.1) is 5.92 Å². The van der Waals surface area contributed by atoms with Crippen molar-refractivity contribution in [3.63, 3.8) is 0 Å². The lowest BCUT2D eigenvalue weighted by Gasteiger charge is -1.89. The van der Waals surface area contributed by atoms with Crippen molar-refractivity contribution in [2.75, 3.05) is 13.2 Å². The minimum Gasteiger partial charge on any atom is -0.474 e. The van der Waals surface area contributed by atoms with Gasteiger partial charge in [0.25, 0.3) is 0 Å². The molecule has 0 bridgehead atoms. The zero-order chi connectivity index (χ0) is 8.53. The first-order valence-corrected chi connectivity index (χ1v) is 3.76. The van der Waals surface area contributed by atoms with Crippen molar-refractivity contribution in [2.45, 2.75) is 13.3 Å². The summed E-state index contributed by atoms with van der Waals surface area (Å²) in [6, 6.07) is 0.